The SMILES string of the molecule is CCN(c1cc(-c2ccc(CN3CC(=O)C3)cc2)cc(C(=O)NCc2c(C)cc(C)[nH]c2=O)c1C)C1CCOCC1. The van der Waals surface area contributed by atoms with E-state index in [2.05, 4.69) is 57.4 Å². The highest BCUT2D eigenvalue weighted by Crippen LogP contribution is 2.34. The highest BCUT2D eigenvalue weighted by Gasteiger charge is 2.26. The molecule has 2 saturated heterocycles. The number of aromatic amines is 1. The molecule has 5 rings (SSSR count). The molecule has 2 aromatic carbocycles. The number of anilines is 1. The number of aryl methyl sites for hydroxylation is 2. The largest absolute Gasteiger partial charge is 0.381 e. The molecule has 0 unspecified atom stereocenters. The predicted octanol–water partition coefficient (Wildman–Crippen LogP) is 4.29. The van der Waals surface area contributed by atoms with Gasteiger partial charge in [0.2, 0.25) is 0 Å². The first kappa shape index (κ1) is 28.8. The van der Waals surface area contributed by atoms with Gasteiger partial charge in [-0.25, -0.2) is 0 Å². The van der Waals surface area contributed by atoms with Crippen molar-refractivity contribution in [3.63, 3.8) is 0 Å². The van der Waals surface area contributed by atoms with E-state index in [1.165, 1.54) is 0 Å². The summed E-state index contributed by atoms with van der Waals surface area (Å²) in [5.74, 6) is 0.0823. The van der Waals surface area contributed by atoms with Gasteiger partial charge in [0.1, 0.15) is 0 Å². The van der Waals surface area contributed by atoms with Crippen LogP contribution in [0.1, 0.15) is 58.1 Å². The predicted molar refractivity (Wildman–Crippen MR) is 161 cm³/mol. The Labute approximate surface area is 241 Å². The van der Waals surface area contributed by atoms with E-state index in [0.717, 1.165) is 78.3 Å². The molecule has 0 aliphatic carbocycles. The molecule has 0 bridgehead atoms. The molecule has 8 nitrogen and oxygen atoms in total. The zero-order valence-electron chi connectivity index (χ0n) is 24.5. The van der Waals surface area contributed by atoms with Gasteiger partial charge < -0.3 is 19.9 Å². The van der Waals surface area contributed by atoms with Crippen LogP contribution < -0.4 is 15.8 Å². The lowest BCUT2D eigenvalue weighted by Gasteiger charge is -2.37. The first-order valence-electron chi connectivity index (χ1n) is 14.5. The molecule has 2 aliphatic heterocycles. The number of hydrogen-bond donors (Lipinski definition) is 2. The van der Waals surface area contributed by atoms with Gasteiger partial charge in [-0.1, -0.05) is 24.3 Å². The van der Waals surface area contributed by atoms with Crippen molar-refractivity contribution in [1.82, 2.24) is 15.2 Å². The second-order valence-corrected chi connectivity index (χ2v) is 11.3. The van der Waals surface area contributed by atoms with Crippen molar-refractivity contribution in [3.8, 4) is 11.1 Å². The van der Waals surface area contributed by atoms with Gasteiger partial charge in [-0.05, 0) is 86.6 Å². The minimum Gasteiger partial charge on any atom is -0.381 e. The maximum absolute atomic E-state index is 13.7. The van der Waals surface area contributed by atoms with E-state index in [9.17, 15) is 14.4 Å². The zero-order valence-corrected chi connectivity index (χ0v) is 24.5. The lowest BCUT2D eigenvalue weighted by atomic mass is 9.94. The Balaban J connectivity index is 1.47. The number of hydrogen-bond acceptors (Lipinski definition) is 6. The number of nitrogens with one attached hydrogen (secondary N) is 2. The summed E-state index contributed by atoms with van der Waals surface area (Å²) in [6.45, 7) is 12.2. The number of nitrogens with zero attached hydrogens (tertiary/aromatic N) is 2. The first-order chi connectivity index (χ1) is 19.7. The minimum atomic E-state index is -0.202. The molecule has 0 saturated carbocycles. The van der Waals surface area contributed by atoms with Gasteiger partial charge in [-0.3, -0.25) is 19.3 Å². The summed E-state index contributed by atoms with van der Waals surface area (Å²) in [4.78, 5) is 45.0. The fourth-order valence-corrected chi connectivity index (χ4v) is 6.01. The quantitative estimate of drug-likeness (QED) is 0.409. The fourth-order valence-electron chi connectivity index (χ4n) is 6.01. The molecule has 216 valence electrons. The van der Waals surface area contributed by atoms with Crippen LogP contribution in [-0.2, 0) is 22.6 Å². The van der Waals surface area contributed by atoms with Crippen molar-refractivity contribution in [3.05, 3.63) is 86.3 Å². The summed E-state index contributed by atoms with van der Waals surface area (Å²) >= 11 is 0. The van der Waals surface area contributed by atoms with Crippen LogP contribution in [0.4, 0.5) is 5.69 Å². The molecule has 1 aromatic heterocycles. The van der Waals surface area contributed by atoms with Gasteiger partial charge in [-0.2, -0.15) is 0 Å². The molecule has 2 aliphatic rings. The molecule has 3 aromatic rings. The summed E-state index contributed by atoms with van der Waals surface area (Å²) in [5, 5.41) is 3.02. The Morgan fingerprint density at radius 1 is 1.02 bits per heavy atom. The number of carbonyl (C=O) groups excluding carboxylic acids is 2. The second kappa shape index (κ2) is 12.4. The second-order valence-electron chi connectivity index (χ2n) is 11.3. The van der Waals surface area contributed by atoms with Crippen molar-refractivity contribution in [2.75, 3.05) is 37.7 Å². The van der Waals surface area contributed by atoms with E-state index >= 15 is 0 Å². The van der Waals surface area contributed by atoms with E-state index in [0.29, 0.717) is 30.3 Å². The summed E-state index contributed by atoms with van der Waals surface area (Å²) in [7, 11) is 0. The monoisotopic (exact) mass is 556 g/mol. The Bertz CT molecular complexity index is 1480. The van der Waals surface area contributed by atoms with Gasteiger partial charge >= 0.3 is 0 Å². The average Bonchev–Trinajstić information content (AvgIpc) is 2.94. The van der Waals surface area contributed by atoms with Gasteiger partial charge in [0.25, 0.3) is 11.5 Å². The number of benzene rings is 2. The van der Waals surface area contributed by atoms with Crippen LogP contribution in [-0.4, -0.2) is 60.5 Å². The maximum atomic E-state index is 13.7. The van der Waals surface area contributed by atoms with E-state index in [4.69, 9.17) is 4.74 Å². The fraction of sp³-hybridized carbons (Fsp3) is 0.424. The zero-order chi connectivity index (χ0) is 29.1. The number of carbonyl (C=O) groups is 2. The van der Waals surface area contributed by atoms with Crippen LogP contribution in [0, 0.1) is 20.8 Å². The van der Waals surface area contributed by atoms with E-state index < -0.39 is 0 Å². The number of rotatable bonds is 9. The number of Topliss-reactive ketones (excluding diaryl/α,β-unsaturated/α-hetero) is 1. The van der Waals surface area contributed by atoms with E-state index in [1.54, 1.807) is 0 Å². The van der Waals surface area contributed by atoms with Crippen molar-refractivity contribution < 1.29 is 14.3 Å². The van der Waals surface area contributed by atoms with Crippen molar-refractivity contribution >= 4 is 17.4 Å². The highest BCUT2D eigenvalue weighted by atomic mass is 16.5. The number of ether oxygens (including phenoxy) is 1. The third-order valence-electron chi connectivity index (χ3n) is 8.32. The molecule has 2 N–H and O–H groups in total. The highest BCUT2D eigenvalue weighted by molar-refractivity contribution is 5.99. The average molecular weight is 557 g/mol. The number of H-pyrrole nitrogens is 1. The molecule has 41 heavy (non-hydrogen) atoms. The van der Waals surface area contributed by atoms with E-state index in [-0.39, 0.29) is 23.8 Å². The Morgan fingerprint density at radius 3 is 2.37 bits per heavy atom. The molecule has 2 fully saturated rings. The number of amides is 1. The number of aromatic nitrogens is 1. The number of pyridine rings is 1. The number of ketones is 1. The van der Waals surface area contributed by atoms with Gasteiger partial charge in [0.15, 0.2) is 5.78 Å². The maximum Gasteiger partial charge on any atom is 0.253 e. The Hall–Kier alpha value is -3.75. The van der Waals surface area contributed by atoms with Crippen LogP contribution in [0.2, 0.25) is 0 Å². The first-order valence-corrected chi connectivity index (χ1v) is 14.5. The third-order valence-corrected chi connectivity index (χ3v) is 8.32. The Kier molecular flexibility index (Phi) is 8.71. The van der Waals surface area contributed by atoms with Gasteiger partial charge in [-0.15, -0.1) is 0 Å². The lowest BCUT2D eigenvalue weighted by molar-refractivity contribution is -0.129. The molecular weight excluding hydrogens is 516 g/mol. The third kappa shape index (κ3) is 6.44. The van der Waals surface area contributed by atoms with Gasteiger partial charge in [0, 0.05) is 61.4 Å². The molecular formula is C33H40N4O4. The normalized spacial score (nSPS) is 16.0. The molecule has 3 heterocycles. The van der Waals surface area contributed by atoms with Crippen molar-refractivity contribution in [1.29, 1.82) is 0 Å². The molecule has 1 amide bonds. The Morgan fingerprint density at radius 2 is 1.73 bits per heavy atom. The molecule has 0 radical (unpaired) electrons. The van der Waals surface area contributed by atoms with Crippen molar-refractivity contribution in [2.24, 2.45) is 0 Å². The number of likely N-dealkylation sites (tertiary alicyclic amines) is 1. The van der Waals surface area contributed by atoms with Crippen molar-refractivity contribution in [2.45, 2.75) is 59.7 Å². The summed E-state index contributed by atoms with van der Waals surface area (Å²) in [6, 6.07) is 14.8. The van der Waals surface area contributed by atoms with Gasteiger partial charge in [0.05, 0.1) is 13.1 Å². The lowest BCUT2D eigenvalue weighted by Crippen LogP contribution is -2.46. The topological polar surface area (TPSA) is 94.7 Å². The smallest absolute Gasteiger partial charge is 0.253 e. The van der Waals surface area contributed by atoms with Crippen LogP contribution in [0.25, 0.3) is 11.1 Å². The molecule has 0 spiro atoms. The van der Waals surface area contributed by atoms with E-state index in [1.807, 2.05) is 32.9 Å². The minimum absolute atomic E-state index is 0.157. The summed E-state index contributed by atoms with van der Waals surface area (Å²) in [5.41, 5.74) is 7.78. The molecule has 0 atom stereocenters. The van der Waals surface area contributed by atoms with Crippen LogP contribution in [0.3, 0.4) is 0 Å². The molecule has 8 heteroatoms. The summed E-state index contributed by atoms with van der Waals surface area (Å²) in [6.07, 6.45) is 1.89. The van der Waals surface area contributed by atoms with Crippen LogP contribution in [0.5, 0.6) is 0 Å². The van der Waals surface area contributed by atoms with Crippen LogP contribution >= 0.6 is 0 Å². The van der Waals surface area contributed by atoms with Crippen LogP contribution in [0.15, 0.2) is 47.3 Å². The summed E-state index contributed by atoms with van der Waals surface area (Å²) < 4.78 is 5.63. The standard InChI is InChI=1S/C33H40N4O4/c1-5-37(27-10-12-41-13-11-27)31-16-26(25-8-6-24(7-9-25)18-36-19-28(38)20-36)15-29(23(31)4)32(39)34-17-30-21(2)14-22(3)35-33(30)40/h6-9,14-16,27H,5,10-13,17-20H2,1-4H3,(H,34,39)(H,35,40).